The van der Waals surface area contributed by atoms with Crippen LogP contribution in [0.5, 0.6) is 5.75 Å². The smallest absolute Gasteiger partial charge is 0.413 e. The van der Waals surface area contributed by atoms with E-state index in [0.29, 0.717) is 5.82 Å². The molecule has 10 heteroatoms. The average Bonchev–Trinajstić information content (AvgIpc) is 3.74. The van der Waals surface area contributed by atoms with Gasteiger partial charge in [0, 0.05) is 35.1 Å². The van der Waals surface area contributed by atoms with E-state index in [2.05, 4.69) is 15.2 Å². The Bertz CT molecular complexity index is 2480. The van der Waals surface area contributed by atoms with E-state index in [9.17, 15) is 24.3 Å². The third-order valence-corrected chi connectivity index (χ3v) is 10.0. The van der Waals surface area contributed by atoms with Crippen molar-refractivity contribution in [1.82, 2.24) is 20.2 Å². The first-order valence-corrected chi connectivity index (χ1v) is 18.2. The zero-order valence-corrected chi connectivity index (χ0v) is 30.0. The normalized spacial score (nSPS) is 14.4. The number of carbonyl (C=O) groups is 4. The van der Waals surface area contributed by atoms with Crippen molar-refractivity contribution in [3.63, 3.8) is 0 Å². The fraction of sp³-hybridized carbons (Fsp3) is 0.109. The second-order valence-electron chi connectivity index (χ2n) is 13.7. The number of benzene rings is 5. The van der Waals surface area contributed by atoms with Gasteiger partial charge in [0.2, 0.25) is 5.91 Å². The van der Waals surface area contributed by atoms with Crippen molar-refractivity contribution in [3.8, 4) is 39.7 Å². The summed E-state index contributed by atoms with van der Waals surface area (Å²) in [6, 6.07) is 40.8. The number of amides is 2. The van der Waals surface area contributed by atoms with Crippen LogP contribution in [0.15, 0.2) is 164 Å². The van der Waals surface area contributed by atoms with Crippen molar-refractivity contribution >= 4 is 23.8 Å². The van der Waals surface area contributed by atoms with Gasteiger partial charge in [0.25, 0.3) is 0 Å². The maximum atomic E-state index is 13.7. The number of aliphatic carboxylic acids is 1. The van der Waals surface area contributed by atoms with Gasteiger partial charge in [-0.1, -0.05) is 121 Å². The van der Waals surface area contributed by atoms with E-state index in [1.807, 2.05) is 115 Å². The van der Waals surface area contributed by atoms with E-state index in [4.69, 9.17) is 9.72 Å². The maximum absolute atomic E-state index is 13.7. The van der Waals surface area contributed by atoms with Gasteiger partial charge in [-0.15, -0.1) is 0 Å². The predicted molar refractivity (Wildman–Crippen MR) is 212 cm³/mol. The molecule has 2 amide bonds. The molecule has 1 aliphatic carbocycles. The summed E-state index contributed by atoms with van der Waals surface area (Å²) in [5.74, 6) is -1.15. The highest BCUT2D eigenvalue weighted by molar-refractivity contribution is 6.01. The highest BCUT2D eigenvalue weighted by Gasteiger charge is 2.45. The summed E-state index contributed by atoms with van der Waals surface area (Å²) in [4.78, 5) is 57.3. The summed E-state index contributed by atoms with van der Waals surface area (Å²) in [5, 5.41) is 15.3. The molecule has 0 radical (unpaired) electrons. The molecule has 2 heterocycles. The Kier molecular flexibility index (Phi) is 9.68. The van der Waals surface area contributed by atoms with E-state index in [-0.39, 0.29) is 24.4 Å². The van der Waals surface area contributed by atoms with Gasteiger partial charge in [-0.2, -0.15) is 0 Å². The highest BCUT2D eigenvalue weighted by atomic mass is 16.6. The molecule has 2 atom stereocenters. The molecule has 1 spiro atoms. The van der Waals surface area contributed by atoms with Crippen LogP contribution >= 0.6 is 0 Å². The zero-order chi connectivity index (χ0) is 38.6. The van der Waals surface area contributed by atoms with Crippen molar-refractivity contribution in [3.05, 3.63) is 181 Å². The van der Waals surface area contributed by atoms with Crippen LogP contribution in [0, 0.1) is 0 Å². The van der Waals surface area contributed by atoms with Gasteiger partial charge in [0.05, 0.1) is 11.4 Å². The van der Waals surface area contributed by atoms with Gasteiger partial charge in [-0.25, -0.2) is 14.6 Å². The molecular formula is C46H36N4O6. The minimum atomic E-state index is -1.23. The van der Waals surface area contributed by atoms with E-state index in [1.54, 1.807) is 36.4 Å². The molecule has 0 saturated carbocycles. The predicted octanol–water partition coefficient (Wildman–Crippen LogP) is 7.15. The second-order valence-corrected chi connectivity index (χ2v) is 13.7. The topological polar surface area (TPSA) is 140 Å². The number of aromatic nitrogens is 2. The van der Waals surface area contributed by atoms with Crippen molar-refractivity contribution < 1.29 is 29.0 Å². The Labute approximate surface area is 322 Å². The summed E-state index contributed by atoms with van der Waals surface area (Å²) in [6.45, 7) is 0. The molecule has 1 aliphatic heterocycles. The number of hydrogen-bond acceptors (Lipinski definition) is 6. The van der Waals surface area contributed by atoms with E-state index in [0.717, 1.165) is 44.8 Å². The quantitative estimate of drug-likeness (QED) is 0.128. The Hall–Kier alpha value is -7.33. The molecule has 2 aliphatic rings. The molecule has 0 fully saturated rings. The Morgan fingerprint density at radius 1 is 0.696 bits per heavy atom. The lowest BCUT2D eigenvalue weighted by Crippen LogP contribution is -2.53. The Balaban J connectivity index is 1.11. The Morgan fingerprint density at radius 2 is 1.25 bits per heavy atom. The number of carboxylic acid groups (broad SMARTS) is 1. The van der Waals surface area contributed by atoms with E-state index < -0.39 is 35.6 Å². The van der Waals surface area contributed by atoms with Gasteiger partial charge in [-0.3, -0.25) is 9.59 Å². The number of fused-ring (bicyclic) bond motifs is 5. The first kappa shape index (κ1) is 35.7. The first-order valence-electron chi connectivity index (χ1n) is 18.2. The van der Waals surface area contributed by atoms with Crippen molar-refractivity contribution in [2.45, 2.75) is 30.5 Å². The number of nitrogens with one attached hydrogen (secondary N) is 2. The number of carbonyl (C=O) groups excluding carboxylic acids is 3. The molecule has 5 aromatic carbocycles. The van der Waals surface area contributed by atoms with Gasteiger partial charge in [-0.05, 0) is 53.6 Å². The third kappa shape index (κ3) is 7.03. The summed E-state index contributed by atoms with van der Waals surface area (Å²) < 4.78 is 7.97. The molecule has 276 valence electrons. The summed E-state index contributed by atoms with van der Waals surface area (Å²) in [7, 11) is 0. The van der Waals surface area contributed by atoms with Crippen LogP contribution in [-0.4, -0.2) is 50.5 Å². The highest BCUT2D eigenvalue weighted by Crippen LogP contribution is 2.52. The Morgan fingerprint density at radius 3 is 1.84 bits per heavy atom. The molecule has 6 aromatic rings. The van der Waals surface area contributed by atoms with Crippen molar-refractivity contribution in [2.75, 3.05) is 0 Å². The third-order valence-electron chi connectivity index (χ3n) is 10.0. The number of nitrogens with zero attached hydrogens (tertiary/aromatic N) is 2. The lowest BCUT2D eigenvalue weighted by Gasteiger charge is -2.30. The minimum Gasteiger partial charge on any atom is -0.480 e. The molecule has 0 bridgehead atoms. The average molecular weight is 741 g/mol. The van der Waals surface area contributed by atoms with Gasteiger partial charge in [0.15, 0.2) is 5.78 Å². The standard InChI is InChI=1S/C46H36N4O6/c51-34-23-25-46(26-24-34)37-29-35(21-22-36(37)42-49-40(32-17-9-3-10-18-32)41(50(42)46)33-19-11-4-12-20-33)56-45(55)48-38(27-30-13-5-1-6-14-30)43(52)47-39(44(53)54)28-31-15-7-2-8-16-31/h1-26,29,38-39H,27-28H2,(H,47,52)(H,48,55)(H,53,54)/t38-,39-/m0/s1. The molecular weight excluding hydrogens is 705 g/mol. The van der Waals surface area contributed by atoms with Crippen LogP contribution in [0.2, 0.25) is 0 Å². The van der Waals surface area contributed by atoms with Gasteiger partial charge < -0.3 is 25.0 Å². The summed E-state index contributed by atoms with van der Waals surface area (Å²) in [5.41, 5.74) is 5.55. The largest absolute Gasteiger partial charge is 0.480 e. The number of allylic oxidation sites excluding steroid dienone is 4. The number of carboxylic acids is 1. The fourth-order valence-electron chi connectivity index (χ4n) is 7.37. The van der Waals surface area contributed by atoms with Gasteiger partial charge in [0.1, 0.15) is 29.2 Å². The van der Waals surface area contributed by atoms with E-state index in [1.165, 1.54) is 12.2 Å². The lowest BCUT2D eigenvalue weighted by molar-refractivity contribution is -0.142. The lowest BCUT2D eigenvalue weighted by atomic mass is 9.85. The molecule has 0 saturated heterocycles. The van der Waals surface area contributed by atoms with Crippen LogP contribution in [0.25, 0.3) is 33.9 Å². The number of rotatable bonds is 11. The molecule has 0 unspecified atom stereocenters. The number of hydrogen-bond donors (Lipinski definition) is 3. The first-order chi connectivity index (χ1) is 27.3. The monoisotopic (exact) mass is 740 g/mol. The number of ether oxygens (including phenoxy) is 1. The summed E-state index contributed by atoms with van der Waals surface area (Å²) in [6.07, 6.45) is 5.99. The second kappa shape index (κ2) is 15.2. The van der Waals surface area contributed by atoms with Crippen LogP contribution < -0.4 is 15.4 Å². The summed E-state index contributed by atoms with van der Waals surface area (Å²) >= 11 is 0. The maximum Gasteiger partial charge on any atom is 0.413 e. The molecule has 3 N–H and O–H groups in total. The van der Waals surface area contributed by atoms with Crippen molar-refractivity contribution in [1.29, 1.82) is 0 Å². The molecule has 1 aromatic heterocycles. The van der Waals surface area contributed by atoms with Crippen molar-refractivity contribution in [2.24, 2.45) is 0 Å². The van der Waals surface area contributed by atoms with Crippen LogP contribution in [-0.2, 0) is 32.8 Å². The number of imidazole rings is 1. The van der Waals surface area contributed by atoms with E-state index >= 15 is 0 Å². The molecule has 8 rings (SSSR count). The van der Waals surface area contributed by atoms with Crippen LogP contribution in [0.3, 0.4) is 0 Å². The van der Waals surface area contributed by atoms with Gasteiger partial charge >= 0.3 is 12.1 Å². The minimum absolute atomic E-state index is 0.0616. The zero-order valence-electron chi connectivity index (χ0n) is 30.0. The molecule has 10 nitrogen and oxygen atoms in total. The molecule has 56 heavy (non-hydrogen) atoms. The SMILES string of the molecule is O=C1C=CC2(C=C1)c1cc(OC(=O)N[C@@H](Cc3ccccc3)C(=O)N[C@@H](Cc3ccccc3)C(=O)O)ccc1-c1nc(-c3ccccc3)c(-c3ccccc3)n12. The van der Waals surface area contributed by atoms with Crippen LogP contribution in [0.4, 0.5) is 4.79 Å². The number of ketones is 1. The fourth-order valence-corrected chi connectivity index (χ4v) is 7.37. The van der Waals surface area contributed by atoms with Crippen LogP contribution in [0.1, 0.15) is 16.7 Å².